The van der Waals surface area contributed by atoms with Crippen molar-refractivity contribution in [3.8, 4) is 22.4 Å². The van der Waals surface area contributed by atoms with E-state index in [4.69, 9.17) is 16.1 Å². The summed E-state index contributed by atoms with van der Waals surface area (Å²) in [4.78, 5) is 9.57. The summed E-state index contributed by atoms with van der Waals surface area (Å²) < 4.78 is 2.10. The Labute approximate surface area is 234 Å². The molecule has 8 heteroatoms. The predicted octanol–water partition coefficient (Wildman–Crippen LogP) is 5.06. The third kappa shape index (κ3) is 4.24. The predicted molar refractivity (Wildman–Crippen MR) is 159 cm³/mol. The lowest BCUT2D eigenvalue weighted by Crippen LogP contribution is -2.43. The van der Waals surface area contributed by atoms with Gasteiger partial charge in [-0.3, -0.25) is 14.7 Å². The van der Waals surface area contributed by atoms with Crippen molar-refractivity contribution in [2.45, 2.75) is 43.8 Å². The van der Waals surface area contributed by atoms with Crippen LogP contribution in [-0.4, -0.2) is 61.9 Å². The van der Waals surface area contributed by atoms with E-state index < -0.39 is 0 Å². The summed E-state index contributed by atoms with van der Waals surface area (Å²) in [5, 5.41) is 17.8. The number of likely N-dealkylation sites (tertiary alicyclic amines) is 1. The minimum atomic E-state index is -0.180. The van der Waals surface area contributed by atoms with Crippen LogP contribution >= 0.6 is 0 Å². The second kappa shape index (κ2) is 9.80. The lowest BCUT2D eigenvalue weighted by Gasteiger charge is -2.38. The van der Waals surface area contributed by atoms with E-state index in [2.05, 4.69) is 80.2 Å². The monoisotopic (exact) mass is 530 g/mol. The van der Waals surface area contributed by atoms with Crippen LogP contribution in [-0.2, 0) is 12.1 Å². The lowest BCUT2D eigenvalue weighted by atomic mass is 9.72. The van der Waals surface area contributed by atoms with Crippen molar-refractivity contribution in [2.24, 2.45) is 5.73 Å². The van der Waals surface area contributed by atoms with E-state index in [1.807, 2.05) is 24.2 Å². The summed E-state index contributed by atoms with van der Waals surface area (Å²) in [5.41, 5.74) is 13.6. The number of fused-ring (bicyclic) bond motifs is 3. The fraction of sp³-hybridized carbons (Fsp3) is 0.312. The molecule has 3 N–H and O–H groups in total. The van der Waals surface area contributed by atoms with Gasteiger partial charge in [0, 0.05) is 54.4 Å². The second-order valence-corrected chi connectivity index (χ2v) is 11.4. The van der Waals surface area contributed by atoms with E-state index in [-0.39, 0.29) is 5.54 Å². The van der Waals surface area contributed by atoms with Gasteiger partial charge in [-0.2, -0.15) is 0 Å². The number of nitrogens with zero attached hydrogens (tertiary/aromatic N) is 6. The number of nitrogens with one attached hydrogen (secondary N) is 1. The summed E-state index contributed by atoms with van der Waals surface area (Å²) in [5.74, 6) is 0.919. The van der Waals surface area contributed by atoms with Gasteiger partial charge in [0.1, 0.15) is 0 Å². The van der Waals surface area contributed by atoms with Crippen molar-refractivity contribution >= 4 is 22.9 Å². The lowest BCUT2D eigenvalue weighted by molar-refractivity contribution is 0.253. The first-order valence-corrected chi connectivity index (χ1v) is 14.1. The summed E-state index contributed by atoms with van der Waals surface area (Å²) in [6, 6.07) is 23.8. The summed E-state index contributed by atoms with van der Waals surface area (Å²) in [6.45, 7) is 2.63. The highest BCUT2D eigenvalue weighted by Crippen LogP contribution is 2.40. The Morgan fingerprint density at radius 3 is 2.58 bits per heavy atom. The number of rotatable bonds is 7. The second-order valence-electron chi connectivity index (χ2n) is 11.4. The van der Waals surface area contributed by atoms with Gasteiger partial charge in [0.25, 0.3) is 0 Å². The first-order valence-electron chi connectivity index (χ1n) is 14.1. The number of benzene rings is 2. The highest BCUT2D eigenvalue weighted by Gasteiger charge is 2.34. The van der Waals surface area contributed by atoms with Gasteiger partial charge in [0.2, 0.25) is 0 Å². The van der Waals surface area contributed by atoms with E-state index in [0.717, 1.165) is 83.7 Å². The molecule has 1 saturated carbocycles. The van der Waals surface area contributed by atoms with Crippen LogP contribution in [0.1, 0.15) is 37.1 Å². The van der Waals surface area contributed by atoms with Crippen molar-refractivity contribution in [3.05, 3.63) is 84.3 Å². The minimum absolute atomic E-state index is 0.180. The number of hydrogen-bond acceptors (Lipinski definition) is 6. The summed E-state index contributed by atoms with van der Waals surface area (Å²) in [6.07, 6.45) is 7.79. The van der Waals surface area contributed by atoms with Crippen LogP contribution in [0, 0.1) is 5.41 Å². The zero-order valence-corrected chi connectivity index (χ0v) is 22.8. The number of pyridine rings is 2. The van der Waals surface area contributed by atoms with Crippen molar-refractivity contribution in [1.29, 1.82) is 5.41 Å². The van der Waals surface area contributed by atoms with Gasteiger partial charge in [-0.1, -0.05) is 54.6 Å². The molecule has 8 nitrogen and oxygen atoms in total. The molecule has 202 valence electrons. The Balaban J connectivity index is 1.28. The maximum absolute atomic E-state index is 7.56. The molecule has 0 radical (unpaired) electrons. The molecule has 1 aliphatic heterocycles. The highest BCUT2D eigenvalue weighted by atomic mass is 15.3. The van der Waals surface area contributed by atoms with E-state index in [0.29, 0.717) is 6.04 Å². The molecule has 0 spiro atoms. The molecule has 1 saturated heterocycles. The van der Waals surface area contributed by atoms with Crippen LogP contribution in [0.2, 0.25) is 0 Å². The Bertz CT molecular complexity index is 1690. The maximum atomic E-state index is 7.56. The number of nitrogens with two attached hydrogens (primary N) is 1. The van der Waals surface area contributed by atoms with Crippen LogP contribution in [0.5, 0.6) is 0 Å². The van der Waals surface area contributed by atoms with Gasteiger partial charge >= 0.3 is 0 Å². The highest BCUT2D eigenvalue weighted by molar-refractivity contribution is 5.98. The fourth-order valence-electron chi connectivity index (χ4n) is 6.21. The molecule has 3 aromatic heterocycles. The first-order chi connectivity index (χ1) is 19.5. The molecule has 0 amide bonds. The van der Waals surface area contributed by atoms with Gasteiger partial charge in [-0.15, -0.1) is 10.2 Å². The summed E-state index contributed by atoms with van der Waals surface area (Å²) in [7, 11) is 1.97. The third-order valence-corrected chi connectivity index (χ3v) is 8.90. The zero-order valence-electron chi connectivity index (χ0n) is 22.8. The van der Waals surface area contributed by atoms with Crippen LogP contribution in [0.4, 0.5) is 0 Å². The summed E-state index contributed by atoms with van der Waals surface area (Å²) >= 11 is 0. The standard InChI is InChI=1S/C32H34N8/c1-38(21-33)25-12-16-39(19-25)20-29-36-37-31-27-18-26(22-6-3-2-4-7-22)30(35-28(27)13-17-40(29)31)23-8-10-24(11-9-23)32(34)14-5-15-32/h2-4,6-11,13,17-18,21,25,33H,5,12,14-16,19-20,34H2,1H3/t25-/m1/s1. The number of hydrogen-bond donors (Lipinski definition) is 2. The van der Waals surface area contributed by atoms with Crippen molar-refractivity contribution in [3.63, 3.8) is 0 Å². The molecular weight excluding hydrogens is 496 g/mol. The van der Waals surface area contributed by atoms with Gasteiger partial charge in [0.15, 0.2) is 11.5 Å². The van der Waals surface area contributed by atoms with Gasteiger partial charge < -0.3 is 10.6 Å². The van der Waals surface area contributed by atoms with Crippen molar-refractivity contribution in [2.75, 3.05) is 20.1 Å². The largest absolute Gasteiger partial charge is 0.362 e. The molecule has 0 bridgehead atoms. The fourth-order valence-corrected chi connectivity index (χ4v) is 6.21. The zero-order chi connectivity index (χ0) is 27.3. The van der Waals surface area contributed by atoms with E-state index in [1.54, 1.807) is 0 Å². The molecule has 2 aromatic carbocycles. The first kappa shape index (κ1) is 24.9. The average molecular weight is 531 g/mol. The third-order valence-electron chi connectivity index (χ3n) is 8.90. The topological polar surface area (TPSA) is 99.4 Å². The van der Waals surface area contributed by atoms with Crippen LogP contribution in [0.15, 0.2) is 72.9 Å². The van der Waals surface area contributed by atoms with Crippen LogP contribution in [0.3, 0.4) is 0 Å². The van der Waals surface area contributed by atoms with Crippen molar-refractivity contribution < 1.29 is 0 Å². The Morgan fingerprint density at radius 1 is 1.05 bits per heavy atom. The van der Waals surface area contributed by atoms with Gasteiger partial charge in [0.05, 0.1) is 24.1 Å². The van der Waals surface area contributed by atoms with Crippen LogP contribution in [0.25, 0.3) is 38.9 Å². The smallest absolute Gasteiger partial charge is 0.170 e. The molecule has 7 rings (SSSR count). The molecule has 2 aliphatic rings. The molecule has 5 aromatic rings. The van der Waals surface area contributed by atoms with Gasteiger partial charge in [-0.05, 0) is 48.9 Å². The number of aromatic nitrogens is 4. The van der Waals surface area contributed by atoms with E-state index >= 15 is 0 Å². The molecule has 1 atom stereocenters. The minimum Gasteiger partial charge on any atom is -0.362 e. The molecule has 1 aliphatic carbocycles. The number of likely N-dealkylation sites (N-methyl/N-ethyl adjacent to an activating group) is 1. The SMILES string of the molecule is CN(C=N)[C@@H]1CCN(Cc2nnc3c4cc(-c5ccccc5)c(-c5ccc(C6(N)CCC6)cc5)nc4ccn23)C1. The molecular formula is C32H34N8. The Kier molecular flexibility index (Phi) is 6.09. The Morgan fingerprint density at radius 2 is 1.85 bits per heavy atom. The Hall–Kier alpha value is -4.14. The molecule has 40 heavy (non-hydrogen) atoms. The van der Waals surface area contributed by atoms with E-state index in [1.165, 1.54) is 18.3 Å². The molecule has 0 unspecified atom stereocenters. The average Bonchev–Trinajstić information content (AvgIpc) is 3.63. The molecule has 4 heterocycles. The van der Waals surface area contributed by atoms with E-state index in [9.17, 15) is 0 Å². The van der Waals surface area contributed by atoms with Crippen molar-refractivity contribution in [1.82, 2.24) is 29.4 Å². The van der Waals surface area contributed by atoms with Crippen LogP contribution < -0.4 is 5.73 Å². The van der Waals surface area contributed by atoms with Gasteiger partial charge in [-0.25, -0.2) is 4.98 Å². The molecule has 2 fully saturated rings. The normalized spacial score (nSPS) is 18.7. The maximum Gasteiger partial charge on any atom is 0.170 e. The quantitative estimate of drug-likeness (QED) is 0.225.